The van der Waals surface area contributed by atoms with Gasteiger partial charge in [0.25, 0.3) is 0 Å². The maximum Gasteiger partial charge on any atom is 0.309 e. The molecule has 2 rings (SSSR count). The third-order valence-corrected chi connectivity index (χ3v) is 2.44. The molecule has 0 aliphatic rings. The third-order valence-electron chi connectivity index (χ3n) is 2.44. The zero-order chi connectivity index (χ0) is 12.3. The number of aliphatic carboxylic acids is 1. The van der Waals surface area contributed by atoms with Crippen LogP contribution in [0.4, 0.5) is 0 Å². The fraction of sp³-hybridized carbons (Fsp3) is 0.167. The monoisotopic (exact) mass is 232 g/mol. The molecule has 88 valence electrons. The van der Waals surface area contributed by atoms with Crippen LogP contribution in [-0.2, 0) is 11.2 Å². The highest BCUT2D eigenvalue weighted by atomic mass is 16.5. The van der Waals surface area contributed by atoms with Crippen LogP contribution in [0.3, 0.4) is 0 Å². The largest absolute Gasteiger partial charge is 0.496 e. The molecule has 0 radical (unpaired) electrons. The number of carboxylic acid groups (broad SMARTS) is 1. The van der Waals surface area contributed by atoms with Crippen LogP contribution in [0.15, 0.2) is 30.5 Å². The SMILES string of the molecule is COc1ccccc1-c1cn[nH]c1CC(=O)O. The van der Waals surface area contributed by atoms with E-state index in [0.29, 0.717) is 11.4 Å². The number of carbonyl (C=O) groups is 1. The molecular formula is C12H12N2O3. The van der Waals surface area contributed by atoms with E-state index in [1.807, 2.05) is 24.3 Å². The van der Waals surface area contributed by atoms with E-state index in [1.165, 1.54) is 0 Å². The minimum atomic E-state index is -0.898. The number of H-pyrrole nitrogens is 1. The van der Waals surface area contributed by atoms with Crippen LogP contribution in [-0.4, -0.2) is 28.4 Å². The number of nitrogens with zero attached hydrogens (tertiary/aromatic N) is 1. The van der Waals surface area contributed by atoms with Crippen molar-refractivity contribution in [3.63, 3.8) is 0 Å². The van der Waals surface area contributed by atoms with Crippen LogP contribution >= 0.6 is 0 Å². The molecule has 0 atom stereocenters. The van der Waals surface area contributed by atoms with E-state index in [0.717, 1.165) is 11.1 Å². The molecule has 17 heavy (non-hydrogen) atoms. The minimum absolute atomic E-state index is 0.0899. The predicted molar refractivity (Wildman–Crippen MR) is 61.9 cm³/mol. The first-order chi connectivity index (χ1) is 8.22. The van der Waals surface area contributed by atoms with Crippen molar-refractivity contribution in [3.05, 3.63) is 36.2 Å². The molecule has 0 amide bonds. The van der Waals surface area contributed by atoms with Crippen LogP contribution in [0.2, 0.25) is 0 Å². The Kier molecular flexibility index (Phi) is 3.09. The molecule has 0 saturated carbocycles. The van der Waals surface area contributed by atoms with Crippen molar-refractivity contribution in [1.29, 1.82) is 0 Å². The van der Waals surface area contributed by atoms with Gasteiger partial charge in [0, 0.05) is 11.1 Å². The molecule has 2 N–H and O–H groups in total. The smallest absolute Gasteiger partial charge is 0.309 e. The number of para-hydroxylation sites is 1. The van der Waals surface area contributed by atoms with Crippen LogP contribution < -0.4 is 4.74 Å². The third kappa shape index (κ3) is 2.28. The molecule has 1 heterocycles. The van der Waals surface area contributed by atoms with Crippen LogP contribution in [0.1, 0.15) is 5.69 Å². The van der Waals surface area contributed by atoms with Gasteiger partial charge in [-0.2, -0.15) is 5.10 Å². The Morgan fingerprint density at radius 3 is 2.88 bits per heavy atom. The number of rotatable bonds is 4. The van der Waals surface area contributed by atoms with Gasteiger partial charge in [0.1, 0.15) is 5.75 Å². The van der Waals surface area contributed by atoms with Crippen molar-refractivity contribution >= 4 is 5.97 Å². The number of methoxy groups -OCH3 is 1. The Labute approximate surface area is 98.0 Å². The summed E-state index contributed by atoms with van der Waals surface area (Å²) in [5.74, 6) is -0.203. The number of nitrogens with one attached hydrogen (secondary N) is 1. The second-order valence-electron chi connectivity index (χ2n) is 3.53. The first-order valence-corrected chi connectivity index (χ1v) is 5.10. The Bertz CT molecular complexity index is 534. The van der Waals surface area contributed by atoms with Gasteiger partial charge in [0.05, 0.1) is 25.4 Å². The van der Waals surface area contributed by atoms with Crippen LogP contribution in [0.5, 0.6) is 5.75 Å². The van der Waals surface area contributed by atoms with E-state index >= 15 is 0 Å². The van der Waals surface area contributed by atoms with Gasteiger partial charge >= 0.3 is 5.97 Å². The maximum absolute atomic E-state index is 10.7. The van der Waals surface area contributed by atoms with Crippen molar-refractivity contribution in [1.82, 2.24) is 10.2 Å². The van der Waals surface area contributed by atoms with Gasteiger partial charge in [-0.25, -0.2) is 0 Å². The highest BCUT2D eigenvalue weighted by Gasteiger charge is 2.13. The second-order valence-corrected chi connectivity index (χ2v) is 3.53. The van der Waals surface area contributed by atoms with Crippen molar-refractivity contribution in [3.8, 4) is 16.9 Å². The summed E-state index contributed by atoms with van der Waals surface area (Å²) >= 11 is 0. The van der Waals surface area contributed by atoms with Gasteiger partial charge in [0.2, 0.25) is 0 Å². The molecule has 0 fully saturated rings. The van der Waals surface area contributed by atoms with Crippen molar-refractivity contribution < 1.29 is 14.6 Å². The lowest BCUT2D eigenvalue weighted by Crippen LogP contribution is -2.02. The maximum atomic E-state index is 10.7. The number of benzene rings is 1. The van der Waals surface area contributed by atoms with Gasteiger partial charge in [-0.1, -0.05) is 18.2 Å². The zero-order valence-corrected chi connectivity index (χ0v) is 9.30. The molecule has 1 aromatic heterocycles. The average Bonchev–Trinajstić information content (AvgIpc) is 2.76. The summed E-state index contributed by atoms with van der Waals surface area (Å²) in [6.07, 6.45) is 1.52. The highest BCUT2D eigenvalue weighted by molar-refractivity contribution is 5.77. The molecule has 2 aromatic rings. The summed E-state index contributed by atoms with van der Waals surface area (Å²) in [4.78, 5) is 10.7. The summed E-state index contributed by atoms with van der Waals surface area (Å²) < 4.78 is 5.24. The van der Waals surface area contributed by atoms with Crippen molar-refractivity contribution in [2.24, 2.45) is 0 Å². The summed E-state index contributed by atoms with van der Waals surface area (Å²) in [6.45, 7) is 0. The molecule has 5 heteroatoms. The molecule has 0 unspecified atom stereocenters. The summed E-state index contributed by atoms with van der Waals surface area (Å²) in [6, 6.07) is 7.43. The molecule has 0 bridgehead atoms. The molecule has 0 aliphatic carbocycles. The van der Waals surface area contributed by atoms with Gasteiger partial charge < -0.3 is 9.84 Å². The van der Waals surface area contributed by atoms with Gasteiger partial charge in [0.15, 0.2) is 0 Å². The Morgan fingerprint density at radius 2 is 2.18 bits per heavy atom. The van der Waals surface area contributed by atoms with E-state index in [9.17, 15) is 4.79 Å². The van der Waals surface area contributed by atoms with Gasteiger partial charge in [-0.3, -0.25) is 9.89 Å². The highest BCUT2D eigenvalue weighted by Crippen LogP contribution is 2.31. The number of hydrogen-bond donors (Lipinski definition) is 2. The van der Waals surface area contributed by atoms with E-state index in [-0.39, 0.29) is 6.42 Å². The normalized spacial score (nSPS) is 10.2. The van der Waals surface area contributed by atoms with Crippen molar-refractivity contribution in [2.45, 2.75) is 6.42 Å². The first-order valence-electron chi connectivity index (χ1n) is 5.10. The fourth-order valence-corrected chi connectivity index (χ4v) is 1.70. The van der Waals surface area contributed by atoms with Crippen LogP contribution in [0, 0.1) is 0 Å². The standard InChI is InChI=1S/C12H12N2O3/c1-17-11-5-3-2-4-8(11)9-7-13-14-10(9)6-12(15)16/h2-5,7H,6H2,1H3,(H,13,14)(H,15,16). The quantitative estimate of drug-likeness (QED) is 0.841. The zero-order valence-electron chi connectivity index (χ0n) is 9.30. The lowest BCUT2D eigenvalue weighted by molar-refractivity contribution is -0.136. The number of aromatic nitrogens is 2. The van der Waals surface area contributed by atoms with E-state index in [4.69, 9.17) is 9.84 Å². The molecule has 5 nitrogen and oxygen atoms in total. The predicted octanol–water partition coefficient (Wildman–Crippen LogP) is 1.71. The Morgan fingerprint density at radius 1 is 1.41 bits per heavy atom. The van der Waals surface area contributed by atoms with E-state index < -0.39 is 5.97 Å². The fourth-order valence-electron chi connectivity index (χ4n) is 1.70. The second kappa shape index (κ2) is 4.69. The molecule has 0 spiro atoms. The lowest BCUT2D eigenvalue weighted by Gasteiger charge is -2.07. The number of ether oxygens (including phenoxy) is 1. The lowest BCUT2D eigenvalue weighted by atomic mass is 10.0. The Balaban J connectivity index is 2.46. The summed E-state index contributed by atoms with van der Waals surface area (Å²) in [5.41, 5.74) is 2.16. The van der Waals surface area contributed by atoms with Gasteiger partial charge in [-0.15, -0.1) is 0 Å². The summed E-state index contributed by atoms with van der Waals surface area (Å²) in [5, 5.41) is 15.4. The van der Waals surface area contributed by atoms with E-state index in [1.54, 1.807) is 13.3 Å². The average molecular weight is 232 g/mol. The number of aromatic amines is 1. The number of hydrogen-bond acceptors (Lipinski definition) is 3. The molecular weight excluding hydrogens is 220 g/mol. The molecule has 1 aromatic carbocycles. The van der Waals surface area contributed by atoms with E-state index in [2.05, 4.69) is 10.2 Å². The first kappa shape index (κ1) is 11.2. The summed E-state index contributed by atoms with van der Waals surface area (Å²) in [7, 11) is 1.58. The van der Waals surface area contributed by atoms with Gasteiger partial charge in [-0.05, 0) is 6.07 Å². The Hall–Kier alpha value is -2.30. The van der Waals surface area contributed by atoms with Crippen molar-refractivity contribution in [2.75, 3.05) is 7.11 Å². The van der Waals surface area contributed by atoms with Crippen LogP contribution in [0.25, 0.3) is 11.1 Å². The molecule has 0 aliphatic heterocycles. The minimum Gasteiger partial charge on any atom is -0.496 e. The number of carboxylic acids is 1. The molecule has 0 saturated heterocycles. The topological polar surface area (TPSA) is 75.2 Å².